The number of aromatic carboxylic acids is 1. The molecule has 0 aliphatic rings. The monoisotopic (exact) mass is 308 g/mol. The minimum absolute atomic E-state index is 0.0466. The van der Waals surface area contributed by atoms with Crippen molar-refractivity contribution in [2.45, 2.75) is 26.3 Å². The Balaban J connectivity index is 2.11. The molecular weight excluding hydrogens is 292 g/mol. The minimum atomic E-state index is -1.13. The van der Waals surface area contributed by atoms with Crippen molar-refractivity contribution in [1.82, 2.24) is 15.3 Å². The first-order chi connectivity index (χ1) is 9.79. The molecule has 0 unspecified atom stereocenters. The zero-order chi connectivity index (χ0) is 15.6. The maximum atomic E-state index is 12.1. The van der Waals surface area contributed by atoms with E-state index < -0.39 is 17.5 Å². The molecular formula is C13H16N4O3S. The number of hydrogen-bond acceptors (Lipinski definition) is 4. The number of aromatic amines is 1. The van der Waals surface area contributed by atoms with E-state index in [1.54, 1.807) is 19.2 Å². The second-order valence-electron chi connectivity index (χ2n) is 5.09. The lowest BCUT2D eigenvalue weighted by Gasteiger charge is -2.23. The number of carbonyl (C=O) groups excluding carboxylic acids is 1. The van der Waals surface area contributed by atoms with Gasteiger partial charge in [0.2, 0.25) is 0 Å². The van der Waals surface area contributed by atoms with Crippen molar-refractivity contribution in [2.24, 2.45) is 0 Å². The van der Waals surface area contributed by atoms with E-state index in [4.69, 9.17) is 5.11 Å². The van der Waals surface area contributed by atoms with Crippen molar-refractivity contribution in [3.63, 3.8) is 0 Å². The predicted molar refractivity (Wildman–Crippen MR) is 79.8 cm³/mol. The van der Waals surface area contributed by atoms with E-state index in [0.717, 1.165) is 5.01 Å². The van der Waals surface area contributed by atoms with Crippen LogP contribution in [0.3, 0.4) is 0 Å². The van der Waals surface area contributed by atoms with Crippen LogP contribution >= 0.6 is 11.3 Å². The average Bonchev–Trinajstić information content (AvgIpc) is 2.97. The van der Waals surface area contributed by atoms with Crippen molar-refractivity contribution >= 4 is 29.0 Å². The smallest absolute Gasteiger partial charge is 0.354 e. The number of nitrogens with one attached hydrogen (secondary N) is 3. The topological polar surface area (TPSA) is 107 Å². The highest BCUT2D eigenvalue weighted by molar-refractivity contribution is 7.09. The molecule has 4 N–H and O–H groups in total. The maximum Gasteiger partial charge on any atom is 0.354 e. The Labute approximate surface area is 125 Å². The van der Waals surface area contributed by atoms with Crippen LogP contribution in [0.15, 0.2) is 17.6 Å². The molecule has 0 aromatic carbocycles. The molecule has 2 amide bonds. The third-order valence-electron chi connectivity index (χ3n) is 2.81. The van der Waals surface area contributed by atoms with Gasteiger partial charge in [0.15, 0.2) is 0 Å². The molecule has 8 heteroatoms. The van der Waals surface area contributed by atoms with Gasteiger partial charge in [-0.25, -0.2) is 14.6 Å². The van der Waals surface area contributed by atoms with Gasteiger partial charge in [0.05, 0.1) is 11.2 Å². The number of carboxylic acid groups (broad SMARTS) is 1. The number of anilines is 1. The Kier molecular flexibility index (Phi) is 3.99. The van der Waals surface area contributed by atoms with Crippen LogP contribution < -0.4 is 10.6 Å². The Morgan fingerprint density at radius 2 is 2.14 bits per heavy atom. The third kappa shape index (κ3) is 3.40. The maximum absolute atomic E-state index is 12.1. The van der Waals surface area contributed by atoms with E-state index in [1.165, 1.54) is 11.3 Å². The van der Waals surface area contributed by atoms with Gasteiger partial charge in [-0.05, 0) is 26.8 Å². The van der Waals surface area contributed by atoms with Crippen molar-refractivity contribution in [3.8, 4) is 0 Å². The molecule has 0 radical (unpaired) electrons. The number of urea groups is 1. The first-order valence-corrected chi connectivity index (χ1v) is 7.09. The largest absolute Gasteiger partial charge is 0.477 e. The molecule has 0 aliphatic heterocycles. The molecule has 2 aromatic rings. The normalized spacial score (nSPS) is 11.2. The van der Waals surface area contributed by atoms with Gasteiger partial charge in [0.1, 0.15) is 10.7 Å². The van der Waals surface area contributed by atoms with Gasteiger partial charge in [-0.15, -0.1) is 11.3 Å². The summed E-state index contributed by atoms with van der Waals surface area (Å²) in [6.07, 6.45) is 1.67. The van der Waals surface area contributed by atoms with Crippen molar-refractivity contribution < 1.29 is 14.7 Å². The van der Waals surface area contributed by atoms with Gasteiger partial charge in [-0.1, -0.05) is 0 Å². The zero-order valence-electron chi connectivity index (χ0n) is 11.9. The van der Waals surface area contributed by atoms with Crippen molar-refractivity contribution in [3.05, 3.63) is 34.0 Å². The summed E-state index contributed by atoms with van der Waals surface area (Å²) in [7, 11) is 0. The van der Waals surface area contributed by atoms with Crippen LogP contribution in [0.1, 0.15) is 35.0 Å². The number of hydrogen-bond donors (Lipinski definition) is 4. The molecule has 2 rings (SSSR count). The SMILES string of the molecule is Cc1cc(NC(=O)NC(C)(C)c2nccs2)c(C(=O)O)[nH]1. The number of aryl methyl sites for hydroxylation is 1. The van der Waals surface area contributed by atoms with Crippen LogP contribution in [-0.4, -0.2) is 27.1 Å². The molecule has 2 aromatic heterocycles. The highest BCUT2D eigenvalue weighted by Gasteiger charge is 2.26. The molecule has 0 atom stereocenters. The highest BCUT2D eigenvalue weighted by Crippen LogP contribution is 2.22. The van der Waals surface area contributed by atoms with E-state index in [1.807, 2.05) is 19.2 Å². The standard InChI is InChI=1S/C13H16N4O3S/c1-7-6-8(9(15-7)10(18)19)16-12(20)17-13(2,3)11-14-4-5-21-11/h4-6,15H,1-3H3,(H,18,19)(H2,16,17,20). The molecule has 7 nitrogen and oxygen atoms in total. The highest BCUT2D eigenvalue weighted by atomic mass is 32.1. The van der Waals surface area contributed by atoms with Crippen LogP contribution in [0.2, 0.25) is 0 Å². The molecule has 2 heterocycles. The zero-order valence-corrected chi connectivity index (χ0v) is 12.7. The van der Waals surface area contributed by atoms with Crippen LogP contribution in [0.4, 0.5) is 10.5 Å². The molecule has 0 saturated heterocycles. The minimum Gasteiger partial charge on any atom is -0.477 e. The Morgan fingerprint density at radius 3 is 2.71 bits per heavy atom. The second kappa shape index (κ2) is 5.57. The number of carboxylic acids is 1. The Hall–Kier alpha value is -2.35. The number of aromatic nitrogens is 2. The van der Waals surface area contributed by atoms with Gasteiger partial charge in [-0.2, -0.15) is 0 Å². The number of amides is 2. The first-order valence-electron chi connectivity index (χ1n) is 6.21. The lowest BCUT2D eigenvalue weighted by Crippen LogP contribution is -2.43. The van der Waals surface area contributed by atoms with E-state index in [2.05, 4.69) is 20.6 Å². The fourth-order valence-electron chi connectivity index (χ4n) is 1.88. The number of rotatable bonds is 4. The van der Waals surface area contributed by atoms with Crippen molar-refractivity contribution in [2.75, 3.05) is 5.32 Å². The lowest BCUT2D eigenvalue weighted by atomic mass is 10.1. The molecule has 0 spiro atoms. The summed E-state index contributed by atoms with van der Waals surface area (Å²) in [5.41, 5.74) is 0.191. The van der Waals surface area contributed by atoms with Gasteiger partial charge in [-0.3, -0.25) is 0 Å². The van der Waals surface area contributed by atoms with Crippen LogP contribution in [0.25, 0.3) is 0 Å². The second-order valence-corrected chi connectivity index (χ2v) is 5.98. The summed E-state index contributed by atoms with van der Waals surface area (Å²) in [4.78, 5) is 30.0. The van der Waals surface area contributed by atoms with Crippen LogP contribution in [-0.2, 0) is 5.54 Å². The fraction of sp³-hybridized carbons (Fsp3) is 0.308. The Bertz CT molecular complexity index is 661. The molecule has 21 heavy (non-hydrogen) atoms. The van der Waals surface area contributed by atoms with Gasteiger partial charge in [0, 0.05) is 17.3 Å². The molecule has 0 saturated carbocycles. The van der Waals surface area contributed by atoms with Crippen LogP contribution in [0, 0.1) is 6.92 Å². The summed E-state index contributed by atoms with van der Waals surface area (Å²) in [6.45, 7) is 5.37. The number of nitrogens with zero attached hydrogens (tertiary/aromatic N) is 1. The molecule has 0 aliphatic carbocycles. The summed E-state index contributed by atoms with van der Waals surface area (Å²) in [5, 5.41) is 17.0. The van der Waals surface area contributed by atoms with E-state index in [9.17, 15) is 9.59 Å². The van der Waals surface area contributed by atoms with Gasteiger partial charge in [0.25, 0.3) is 0 Å². The molecule has 0 bridgehead atoms. The van der Waals surface area contributed by atoms with E-state index in [-0.39, 0.29) is 11.4 Å². The number of H-pyrrole nitrogens is 1. The summed E-state index contributed by atoms with van der Waals surface area (Å²) in [6, 6.07) is 1.08. The molecule has 0 fully saturated rings. The fourth-order valence-corrected chi connectivity index (χ4v) is 2.60. The summed E-state index contributed by atoms with van der Waals surface area (Å²) < 4.78 is 0. The van der Waals surface area contributed by atoms with Crippen molar-refractivity contribution in [1.29, 1.82) is 0 Å². The Morgan fingerprint density at radius 1 is 1.43 bits per heavy atom. The van der Waals surface area contributed by atoms with E-state index >= 15 is 0 Å². The summed E-state index contributed by atoms with van der Waals surface area (Å²) >= 11 is 1.44. The first kappa shape index (κ1) is 15.0. The molecule has 112 valence electrons. The third-order valence-corrected chi connectivity index (χ3v) is 3.90. The number of thiazole rings is 1. The van der Waals surface area contributed by atoms with Gasteiger partial charge < -0.3 is 20.7 Å². The number of carbonyl (C=O) groups is 2. The quantitative estimate of drug-likeness (QED) is 0.696. The van der Waals surface area contributed by atoms with Gasteiger partial charge >= 0.3 is 12.0 Å². The van der Waals surface area contributed by atoms with E-state index in [0.29, 0.717) is 5.69 Å². The predicted octanol–water partition coefficient (Wildman–Crippen LogP) is 2.53. The summed E-state index contributed by atoms with van der Waals surface area (Å²) in [5.74, 6) is -1.13. The lowest BCUT2D eigenvalue weighted by molar-refractivity contribution is 0.0692. The van der Waals surface area contributed by atoms with Crippen LogP contribution in [0.5, 0.6) is 0 Å². The average molecular weight is 308 g/mol.